The second-order valence-electron chi connectivity index (χ2n) is 5.20. The monoisotopic (exact) mass is 275 g/mol. The zero-order valence-electron chi connectivity index (χ0n) is 11.9. The number of carbonyl (C=O) groups excluding carboxylic acids is 1. The quantitative estimate of drug-likeness (QED) is 0.609. The van der Waals surface area contributed by atoms with E-state index in [1.165, 1.54) is 0 Å². The van der Waals surface area contributed by atoms with Gasteiger partial charge < -0.3 is 9.64 Å². The first-order chi connectivity index (χ1) is 9.66. The number of carbonyl (C=O) groups is 1. The Bertz CT molecular complexity index is 453. The molecule has 108 valence electrons. The van der Waals surface area contributed by atoms with E-state index in [1.807, 2.05) is 6.92 Å². The highest BCUT2D eigenvalue weighted by molar-refractivity contribution is 5.72. The lowest BCUT2D eigenvalue weighted by atomic mass is 9.97. The summed E-state index contributed by atoms with van der Waals surface area (Å²) in [6.07, 6.45) is 7.46. The summed E-state index contributed by atoms with van der Waals surface area (Å²) in [5.74, 6) is 0.805. The number of hydrogen-bond acceptors (Lipinski definition) is 5. The molecule has 0 N–H and O–H groups in total. The summed E-state index contributed by atoms with van der Waals surface area (Å²) in [5.41, 5.74) is 1.04. The number of anilines is 1. The molecule has 2 heterocycles. The van der Waals surface area contributed by atoms with Crippen LogP contribution in [-0.4, -0.2) is 35.6 Å². The Morgan fingerprint density at radius 2 is 2.20 bits per heavy atom. The molecule has 1 aliphatic rings. The highest BCUT2D eigenvalue weighted by Gasteiger charge is 2.26. The standard InChI is InChI=1S/C15H21N3O2/c1-12(2)5-10-20-15(19)13-3-8-18(9-4-13)14-11-16-6-7-17-14/h6-7,11,13H,1,3-5,8-10H2,2H3. The Balaban J connectivity index is 1.76. The summed E-state index contributed by atoms with van der Waals surface area (Å²) in [6.45, 7) is 7.81. The van der Waals surface area contributed by atoms with E-state index in [0.29, 0.717) is 6.61 Å². The number of rotatable bonds is 5. The van der Waals surface area contributed by atoms with Gasteiger partial charge in [-0.2, -0.15) is 0 Å². The van der Waals surface area contributed by atoms with E-state index in [2.05, 4.69) is 21.4 Å². The van der Waals surface area contributed by atoms with Crippen LogP contribution in [0.2, 0.25) is 0 Å². The summed E-state index contributed by atoms with van der Waals surface area (Å²) in [7, 11) is 0. The minimum Gasteiger partial charge on any atom is -0.465 e. The molecule has 5 nitrogen and oxygen atoms in total. The van der Waals surface area contributed by atoms with Crippen molar-refractivity contribution in [3.63, 3.8) is 0 Å². The maximum atomic E-state index is 11.9. The van der Waals surface area contributed by atoms with Crippen molar-refractivity contribution < 1.29 is 9.53 Å². The van der Waals surface area contributed by atoms with Crippen molar-refractivity contribution in [3.8, 4) is 0 Å². The van der Waals surface area contributed by atoms with Crippen molar-refractivity contribution in [2.75, 3.05) is 24.6 Å². The SMILES string of the molecule is C=C(C)CCOC(=O)C1CCN(c2cnccn2)CC1. The van der Waals surface area contributed by atoms with Crippen molar-refractivity contribution in [2.45, 2.75) is 26.2 Å². The lowest BCUT2D eigenvalue weighted by molar-refractivity contribution is -0.149. The molecule has 1 aliphatic heterocycles. The molecule has 1 aromatic rings. The van der Waals surface area contributed by atoms with Crippen molar-refractivity contribution in [1.29, 1.82) is 0 Å². The van der Waals surface area contributed by atoms with Gasteiger partial charge in [0, 0.05) is 31.9 Å². The summed E-state index contributed by atoms with van der Waals surface area (Å²) in [4.78, 5) is 22.4. The predicted octanol–water partition coefficient (Wildman–Crippen LogP) is 2.20. The summed E-state index contributed by atoms with van der Waals surface area (Å²) < 4.78 is 5.29. The van der Waals surface area contributed by atoms with E-state index in [0.717, 1.165) is 43.7 Å². The minimum atomic E-state index is -0.0787. The van der Waals surface area contributed by atoms with Crippen molar-refractivity contribution >= 4 is 11.8 Å². The zero-order chi connectivity index (χ0) is 14.4. The van der Waals surface area contributed by atoms with E-state index in [-0.39, 0.29) is 11.9 Å². The molecule has 2 rings (SSSR count). The van der Waals surface area contributed by atoms with Gasteiger partial charge in [0.15, 0.2) is 0 Å². The first-order valence-electron chi connectivity index (χ1n) is 6.99. The van der Waals surface area contributed by atoms with Crippen molar-refractivity contribution in [3.05, 3.63) is 30.7 Å². The number of aromatic nitrogens is 2. The Kier molecular flexibility index (Phi) is 5.09. The van der Waals surface area contributed by atoms with Crippen LogP contribution >= 0.6 is 0 Å². The van der Waals surface area contributed by atoms with Crippen molar-refractivity contribution in [1.82, 2.24) is 9.97 Å². The molecule has 1 saturated heterocycles. The second kappa shape index (κ2) is 7.03. The van der Waals surface area contributed by atoms with Gasteiger partial charge in [0.05, 0.1) is 18.7 Å². The second-order valence-corrected chi connectivity index (χ2v) is 5.20. The van der Waals surface area contributed by atoms with Gasteiger partial charge in [0.2, 0.25) is 0 Å². The van der Waals surface area contributed by atoms with Crippen LogP contribution in [0.1, 0.15) is 26.2 Å². The normalized spacial score (nSPS) is 15.9. The van der Waals surface area contributed by atoms with Gasteiger partial charge in [-0.15, -0.1) is 6.58 Å². The third-order valence-electron chi connectivity index (χ3n) is 3.47. The molecule has 0 spiro atoms. The topological polar surface area (TPSA) is 55.3 Å². The Labute approximate surface area is 119 Å². The van der Waals surface area contributed by atoms with Crippen LogP contribution in [0.15, 0.2) is 30.7 Å². The highest BCUT2D eigenvalue weighted by atomic mass is 16.5. The molecule has 0 aliphatic carbocycles. The van der Waals surface area contributed by atoms with Gasteiger partial charge >= 0.3 is 5.97 Å². The Hall–Kier alpha value is -1.91. The molecular formula is C15H21N3O2. The minimum absolute atomic E-state index is 0.00745. The number of esters is 1. The Morgan fingerprint density at radius 1 is 1.45 bits per heavy atom. The third-order valence-corrected chi connectivity index (χ3v) is 3.47. The number of hydrogen-bond donors (Lipinski definition) is 0. The van der Waals surface area contributed by atoms with Crippen LogP contribution in [0, 0.1) is 5.92 Å². The van der Waals surface area contributed by atoms with Gasteiger partial charge in [0.1, 0.15) is 5.82 Å². The lowest BCUT2D eigenvalue weighted by Crippen LogP contribution is -2.37. The fourth-order valence-electron chi connectivity index (χ4n) is 2.24. The Morgan fingerprint density at radius 3 is 2.80 bits per heavy atom. The largest absolute Gasteiger partial charge is 0.465 e. The van der Waals surface area contributed by atoms with Gasteiger partial charge in [-0.25, -0.2) is 4.98 Å². The fourth-order valence-corrected chi connectivity index (χ4v) is 2.24. The average molecular weight is 275 g/mol. The zero-order valence-corrected chi connectivity index (χ0v) is 11.9. The average Bonchev–Trinajstić information content (AvgIpc) is 2.48. The van der Waals surface area contributed by atoms with Gasteiger partial charge in [-0.05, 0) is 19.8 Å². The first kappa shape index (κ1) is 14.5. The van der Waals surface area contributed by atoms with E-state index in [4.69, 9.17) is 4.74 Å². The van der Waals surface area contributed by atoms with Crippen LogP contribution in [0.25, 0.3) is 0 Å². The lowest BCUT2D eigenvalue weighted by Gasteiger charge is -2.31. The van der Waals surface area contributed by atoms with E-state index < -0.39 is 0 Å². The van der Waals surface area contributed by atoms with E-state index in [9.17, 15) is 4.79 Å². The van der Waals surface area contributed by atoms with E-state index in [1.54, 1.807) is 18.6 Å². The molecule has 1 fully saturated rings. The summed E-state index contributed by atoms with van der Waals surface area (Å²) in [6, 6.07) is 0. The van der Waals surface area contributed by atoms with Crippen LogP contribution in [0.4, 0.5) is 5.82 Å². The molecular weight excluding hydrogens is 254 g/mol. The number of piperidine rings is 1. The van der Waals surface area contributed by atoms with E-state index >= 15 is 0 Å². The molecule has 1 aromatic heterocycles. The summed E-state index contributed by atoms with van der Waals surface area (Å²) >= 11 is 0. The molecule has 0 bridgehead atoms. The highest BCUT2D eigenvalue weighted by Crippen LogP contribution is 2.22. The molecule has 0 saturated carbocycles. The molecule has 0 aromatic carbocycles. The smallest absolute Gasteiger partial charge is 0.309 e. The predicted molar refractivity (Wildman–Crippen MR) is 77.4 cm³/mol. The molecule has 0 radical (unpaired) electrons. The van der Waals surface area contributed by atoms with Crippen molar-refractivity contribution in [2.24, 2.45) is 5.92 Å². The fraction of sp³-hybridized carbons (Fsp3) is 0.533. The number of nitrogens with zero attached hydrogens (tertiary/aromatic N) is 3. The van der Waals surface area contributed by atoms with Crippen LogP contribution in [-0.2, 0) is 9.53 Å². The third kappa shape index (κ3) is 4.05. The van der Waals surface area contributed by atoms with Gasteiger partial charge in [0.25, 0.3) is 0 Å². The number of ether oxygens (including phenoxy) is 1. The first-order valence-corrected chi connectivity index (χ1v) is 6.99. The van der Waals surface area contributed by atoms with Gasteiger partial charge in [-0.1, -0.05) is 5.57 Å². The maximum absolute atomic E-state index is 11.9. The molecule has 5 heteroatoms. The molecule has 0 unspecified atom stereocenters. The van der Waals surface area contributed by atoms with Crippen LogP contribution in [0.3, 0.4) is 0 Å². The molecule has 0 amide bonds. The summed E-state index contributed by atoms with van der Waals surface area (Å²) in [5, 5.41) is 0. The van der Waals surface area contributed by atoms with Crippen LogP contribution in [0.5, 0.6) is 0 Å². The maximum Gasteiger partial charge on any atom is 0.309 e. The van der Waals surface area contributed by atoms with Crippen LogP contribution < -0.4 is 4.90 Å². The molecule has 0 atom stereocenters. The molecule has 20 heavy (non-hydrogen) atoms. The van der Waals surface area contributed by atoms with Gasteiger partial charge in [-0.3, -0.25) is 9.78 Å².